The summed E-state index contributed by atoms with van der Waals surface area (Å²) in [6.45, 7) is 4.66. The number of fused-ring (bicyclic) bond motifs is 1. The molecule has 3 heterocycles. The summed E-state index contributed by atoms with van der Waals surface area (Å²) in [6, 6.07) is 15.4. The van der Waals surface area contributed by atoms with E-state index in [4.69, 9.17) is 16.6 Å². The Kier molecular flexibility index (Phi) is 5.44. The second-order valence-corrected chi connectivity index (χ2v) is 9.39. The van der Waals surface area contributed by atoms with Gasteiger partial charge in [0.1, 0.15) is 0 Å². The number of amides is 1. The number of halogens is 1. The summed E-state index contributed by atoms with van der Waals surface area (Å²) in [7, 11) is 0. The summed E-state index contributed by atoms with van der Waals surface area (Å²) in [5, 5.41) is 0.670. The number of para-hydroxylation sites is 1. The fourth-order valence-corrected chi connectivity index (χ4v) is 4.97. The lowest BCUT2D eigenvalue weighted by Gasteiger charge is -2.18. The lowest BCUT2D eigenvalue weighted by atomic mass is 10.0. The number of hydrogen-bond acceptors (Lipinski definition) is 5. The number of carbonyl (C=O) groups excluding carboxylic acids is 1. The zero-order chi connectivity index (χ0) is 19.7. The van der Waals surface area contributed by atoms with Crippen molar-refractivity contribution in [3.8, 4) is 0 Å². The Hall–Kier alpha value is -2.28. The van der Waals surface area contributed by atoms with Gasteiger partial charge in [-0.25, -0.2) is 4.98 Å². The van der Waals surface area contributed by atoms with Crippen LogP contribution in [0.3, 0.4) is 0 Å². The molecule has 0 fully saturated rings. The standard InChI is InChI=1S/C21H18ClN3OS2/c1-13(2)15-7-5-8-16-19(15)24-21(28-16)25(12-14-6-3-4-11-23-14)20(26)17-9-10-18(22)27-17/h3-11,13H,12H2,1-2H3. The number of nitrogens with zero attached hydrogens (tertiary/aromatic N) is 3. The Morgan fingerprint density at radius 2 is 1.96 bits per heavy atom. The molecular formula is C21H18ClN3OS2. The van der Waals surface area contributed by atoms with E-state index >= 15 is 0 Å². The van der Waals surface area contributed by atoms with Crippen molar-refractivity contribution in [2.45, 2.75) is 26.3 Å². The molecule has 0 aliphatic rings. The number of anilines is 1. The molecule has 1 aromatic carbocycles. The Morgan fingerprint density at radius 1 is 1.11 bits per heavy atom. The molecule has 4 rings (SSSR count). The normalized spacial score (nSPS) is 11.3. The van der Waals surface area contributed by atoms with Crippen LogP contribution in [-0.4, -0.2) is 15.9 Å². The van der Waals surface area contributed by atoms with Gasteiger partial charge in [-0.15, -0.1) is 11.3 Å². The first-order valence-electron chi connectivity index (χ1n) is 8.89. The average Bonchev–Trinajstić information content (AvgIpc) is 3.32. The van der Waals surface area contributed by atoms with Crippen LogP contribution in [0.5, 0.6) is 0 Å². The number of thiophene rings is 1. The third-order valence-electron chi connectivity index (χ3n) is 4.37. The van der Waals surface area contributed by atoms with Gasteiger partial charge in [0.05, 0.1) is 31.7 Å². The predicted molar refractivity (Wildman–Crippen MR) is 118 cm³/mol. The van der Waals surface area contributed by atoms with Crippen LogP contribution in [0.1, 0.15) is 40.7 Å². The number of aromatic nitrogens is 2. The van der Waals surface area contributed by atoms with Gasteiger partial charge in [-0.2, -0.15) is 0 Å². The van der Waals surface area contributed by atoms with Gasteiger partial charge in [-0.1, -0.05) is 55.0 Å². The molecule has 0 bridgehead atoms. The largest absolute Gasteiger partial charge is 0.277 e. The quantitative estimate of drug-likeness (QED) is 0.371. The van der Waals surface area contributed by atoms with Crippen molar-refractivity contribution in [3.63, 3.8) is 0 Å². The molecule has 0 N–H and O–H groups in total. The molecule has 0 saturated heterocycles. The molecule has 0 spiro atoms. The third kappa shape index (κ3) is 3.81. The average molecular weight is 428 g/mol. The van der Waals surface area contributed by atoms with Gasteiger partial charge in [0.2, 0.25) is 0 Å². The molecule has 0 radical (unpaired) electrons. The van der Waals surface area contributed by atoms with Crippen molar-refractivity contribution < 1.29 is 4.79 Å². The van der Waals surface area contributed by atoms with Crippen molar-refractivity contribution >= 4 is 55.5 Å². The third-order valence-corrected chi connectivity index (χ3v) is 6.63. The van der Waals surface area contributed by atoms with E-state index in [0.717, 1.165) is 15.9 Å². The van der Waals surface area contributed by atoms with Crippen LogP contribution in [-0.2, 0) is 6.54 Å². The molecule has 4 nitrogen and oxygen atoms in total. The van der Waals surface area contributed by atoms with Crippen molar-refractivity contribution in [1.29, 1.82) is 0 Å². The molecule has 4 aromatic rings. The summed E-state index contributed by atoms with van der Waals surface area (Å²) < 4.78 is 1.66. The minimum Gasteiger partial charge on any atom is -0.277 e. The number of thiazole rings is 1. The molecule has 142 valence electrons. The predicted octanol–water partition coefficient (Wildman–Crippen LogP) is 6.38. The maximum atomic E-state index is 13.3. The lowest BCUT2D eigenvalue weighted by molar-refractivity contribution is 0.0988. The van der Waals surface area contributed by atoms with E-state index in [1.54, 1.807) is 23.2 Å². The van der Waals surface area contributed by atoms with Gasteiger partial charge in [0.15, 0.2) is 5.13 Å². The molecule has 7 heteroatoms. The number of benzene rings is 1. The summed E-state index contributed by atoms with van der Waals surface area (Å²) in [6.07, 6.45) is 1.73. The minimum absolute atomic E-state index is 0.118. The monoisotopic (exact) mass is 427 g/mol. The van der Waals surface area contributed by atoms with Crippen molar-refractivity contribution in [3.05, 3.63) is 75.2 Å². The van der Waals surface area contributed by atoms with E-state index in [2.05, 4.69) is 24.9 Å². The van der Waals surface area contributed by atoms with Gasteiger partial charge in [-0.05, 0) is 41.8 Å². The highest BCUT2D eigenvalue weighted by Gasteiger charge is 2.24. The van der Waals surface area contributed by atoms with Crippen LogP contribution < -0.4 is 4.90 Å². The van der Waals surface area contributed by atoms with Crippen LogP contribution >= 0.6 is 34.3 Å². The summed E-state index contributed by atoms with van der Waals surface area (Å²) in [5.41, 5.74) is 2.95. The fourth-order valence-electron chi connectivity index (χ4n) is 2.98. The molecule has 0 aliphatic heterocycles. The van der Waals surface area contributed by atoms with Crippen LogP contribution in [0, 0.1) is 0 Å². The van der Waals surface area contributed by atoms with E-state index in [1.165, 1.54) is 28.2 Å². The van der Waals surface area contributed by atoms with Gasteiger partial charge in [0.25, 0.3) is 5.91 Å². The summed E-state index contributed by atoms with van der Waals surface area (Å²) in [5.74, 6) is 0.238. The molecule has 3 aromatic heterocycles. The highest BCUT2D eigenvalue weighted by atomic mass is 35.5. The number of rotatable bonds is 5. The van der Waals surface area contributed by atoms with E-state index in [9.17, 15) is 4.79 Å². The van der Waals surface area contributed by atoms with E-state index in [0.29, 0.717) is 26.8 Å². The topological polar surface area (TPSA) is 46.1 Å². The van der Waals surface area contributed by atoms with Crippen LogP contribution in [0.2, 0.25) is 4.34 Å². The first kappa shape index (κ1) is 19.1. The molecule has 0 aliphatic carbocycles. The Morgan fingerprint density at radius 3 is 2.64 bits per heavy atom. The molecule has 1 amide bonds. The highest BCUT2D eigenvalue weighted by molar-refractivity contribution is 7.22. The number of carbonyl (C=O) groups is 1. The second-order valence-electron chi connectivity index (χ2n) is 6.66. The van der Waals surface area contributed by atoms with Crippen LogP contribution in [0.4, 0.5) is 5.13 Å². The zero-order valence-corrected chi connectivity index (χ0v) is 17.8. The molecular weight excluding hydrogens is 410 g/mol. The van der Waals surface area contributed by atoms with Crippen molar-refractivity contribution in [1.82, 2.24) is 9.97 Å². The minimum atomic E-state index is -0.118. The molecule has 0 saturated carbocycles. The molecule has 0 atom stereocenters. The molecule has 28 heavy (non-hydrogen) atoms. The lowest BCUT2D eigenvalue weighted by Crippen LogP contribution is -2.30. The van der Waals surface area contributed by atoms with Gasteiger partial charge in [0, 0.05) is 6.20 Å². The van der Waals surface area contributed by atoms with Gasteiger partial charge < -0.3 is 0 Å². The maximum absolute atomic E-state index is 13.3. The number of hydrogen-bond donors (Lipinski definition) is 0. The summed E-state index contributed by atoms with van der Waals surface area (Å²) >= 11 is 8.86. The van der Waals surface area contributed by atoms with Gasteiger partial charge in [-0.3, -0.25) is 14.7 Å². The molecule has 0 unspecified atom stereocenters. The zero-order valence-electron chi connectivity index (χ0n) is 15.4. The first-order valence-corrected chi connectivity index (χ1v) is 10.9. The Balaban J connectivity index is 1.79. The maximum Gasteiger partial charge on any atom is 0.270 e. The van der Waals surface area contributed by atoms with Crippen LogP contribution in [0.15, 0.2) is 54.7 Å². The smallest absolute Gasteiger partial charge is 0.270 e. The second kappa shape index (κ2) is 7.99. The summed E-state index contributed by atoms with van der Waals surface area (Å²) in [4.78, 5) is 24.8. The van der Waals surface area contributed by atoms with E-state index < -0.39 is 0 Å². The van der Waals surface area contributed by atoms with Gasteiger partial charge >= 0.3 is 0 Å². The Labute approximate surface area is 176 Å². The highest BCUT2D eigenvalue weighted by Crippen LogP contribution is 2.35. The van der Waals surface area contributed by atoms with Crippen molar-refractivity contribution in [2.24, 2.45) is 0 Å². The number of pyridine rings is 1. The SMILES string of the molecule is CC(C)c1cccc2sc(N(Cc3ccccn3)C(=O)c3ccc(Cl)s3)nc12. The first-order chi connectivity index (χ1) is 13.5. The van der Waals surface area contributed by atoms with E-state index in [-0.39, 0.29) is 5.91 Å². The van der Waals surface area contributed by atoms with Crippen molar-refractivity contribution in [2.75, 3.05) is 4.90 Å². The fraction of sp³-hybridized carbons (Fsp3) is 0.190. The van der Waals surface area contributed by atoms with E-state index in [1.807, 2.05) is 30.3 Å². The van der Waals surface area contributed by atoms with Crippen LogP contribution in [0.25, 0.3) is 10.2 Å². The Bertz CT molecular complexity index is 1120.